The first-order valence-corrected chi connectivity index (χ1v) is 30.7. The Kier molecular flexibility index (Phi) is 10.5. The first kappa shape index (κ1) is 42.7. The molecule has 0 fully saturated rings. The molecule has 65 heavy (non-hydrogen) atoms. The van der Waals surface area contributed by atoms with Gasteiger partial charge in [0.05, 0.1) is 16.1 Å². The Labute approximate surface area is 389 Å². The van der Waals surface area contributed by atoms with Crippen LogP contribution in [0.3, 0.4) is 0 Å². The van der Waals surface area contributed by atoms with Crippen molar-refractivity contribution in [3.05, 3.63) is 204 Å². The summed E-state index contributed by atoms with van der Waals surface area (Å²) in [6.45, 7) is 25.0. The number of para-hydroxylation sites is 2. The van der Waals surface area contributed by atoms with Gasteiger partial charge in [-0.1, -0.05) is 176 Å². The van der Waals surface area contributed by atoms with Gasteiger partial charge in [-0.15, -0.1) is 0 Å². The van der Waals surface area contributed by atoms with Crippen LogP contribution < -0.4 is 9.80 Å². The van der Waals surface area contributed by atoms with Gasteiger partial charge in [-0.25, -0.2) is 0 Å². The molecule has 10 rings (SSSR count). The molecule has 0 radical (unpaired) electrons. The summed E-state index contributed by atoms with van der Waals surface area (Å²) in [7, 11) is -4.21. The Morgan fingerprint density at radius 2 is 0.785 bits per heavy atom. The van der Waals surface area contributed by atoms with Crippen molar-refractivity contribution in [3.8, 4) is 11.1 Å². The SMILES string of the molecule is CC(C)c1ccc(N(c2ccccc2)c2ccc3c4c(ccc3c2)-c2c(c3ccc(N(c5ccccc5)c5ccc(C(C)C)cc5)cc3c3ccccc23)C4([Si](C)(C)C)[Si](C)(C)C)cc1. The molecule has 0 aromatic heterocycles. The molecule has 9 aromatic carbocycles. The van der Waals surface area contributed by atoms with E-state index >= 15 is 0 Å². The van der Waals surface area contributed by atoms with Crippen LogP contribution >= 0.6 is 0 Å². The second-order valence-corrected chi connectivity index (χ2v) is 32.0. The summed E-state index contributed by atoms with van der Waals surface area (Å²) in [5, 5.41) is 8.10. The van der Waals surface area contributed by atoms with Crippen LogP contribution in [0.5, 0.6) is 0 Å². The summed E-state index contributed by atoms with van der Waals surface area (Å²) < 4.78 is -0.0902. The molecule has 0 N–H and O–H groups in total. The van der Waals surface area contributed by atoms with Crippen LogP contribution in [-0.2, 0) is 4.66 Å². The summed E-state index contributed by atoms with van der Waals surface area (Å²) in [4.78, 5) is 4.86. The molecule has 0 saturated heterocycles. The summed E-state index contributed by atoms with van der Waals surface area (Å²) in [5.41, 5.74) is 15.7. The van der Waals surface area contributed by atoms with Crippen molar-refractivity contribution < 1.29 is 0 Å². The fourth-order valence-electron chi connectivity index (χ4n) is 11.9. The third-order valence-corrected chi connectivity index (χ3v) is 24.5. The molecule has 2 nitrogen and oxygen atoms in total. The van der Waals surface area contributed by atoms with Gasteiger partial charge in [0.15, 0.2) is 0 Å². The highest BCUT2D eigenvalue weighted by molar-refractivity contribution is 7.00. The zero-order valence-corrected chi connectivity index (χ0v) is 41.9. The molecular formula is C61H62N2Si2. The second kappa shape index (κ2) is 16.0. The molecule has 0 unspecified atom stereocenters. The van der Waals surface area contributed by atoms with E-state index in [1.807, 2.05) is 0 Å². The topological polar surface area (TPSA) is 6.48 Å². The maximum absolute atomic E-state index is 2.66. The van der Waals surface area contributed by atoms with Crippen molar-refractivity contribution in [2.75, 3.05) is 9.80 Å². The van der Waals surface area contributed by atoms with E-state index in [0.29, 0.717) is 11.8 Å². The lowest BCUT2D eigenvalue weighted by Crippen LogP contribution is -2.63. The molecule has 0 aliphatic heterocycles. The number of nitrogens with zero attached hydrogens (tertiary/aromatic N) is 2. The molecule has 1 aliphatic carbocycles. The van der Waals surface area contributed by atoms with E-state index in [-0.39, 0.29) is 4.66 Å². The molecule has 4 heteroatoms. The van der Waals surface area contributed by atoms with E-state index in [2.05, 4.69) is 259 Å². The summed E-state index contributed by atoms with van der Waals surface area (Å²) in [6, 6.07) is 69.0. The number of hydrogen-bond acceptors (Lipinski definition) is 2. The zero-order valence-electron chi connectivity index (χ0n) is 39.9. The normalized spacial score (nSPS) is 13.5. The number of hydrogen-bond donors (Lipinski definition) is 0. The van der Waals surface area contributed by atoms with Crippen LogP contribution in [-0.4, -0.2) is 16.1 Å². The minimum atomic E-state index is -2.10. The largest absolute Gasteiger partial charge is 0.310 e. The van der Waals surface area contributed by atoms with Gasteiger partial charge in [-0.3, -0.25) is 0 Å². The van der Waals surface area contributed by atoms with Gasteiger partial charge < -0.3 is 9.80 Å². The maximum Gasteiger partial charge on any atom is 0.0579 e. The fourth-order valence-corrected chi connectivity index (χ4v) is 24.9. The van der Waals surface area contributed by atoms with Crippen LogP contribution in [0.15, 0.2) is 182 Å². The van der Waals surface area contributed by atoms with E-state index in [9.17, 15) is 0 Å². The molecule has 9 aromatic rings. The Bertz CT molecular complexity index is 3200. The summed E-state index contributed by atoms with van der Waals surface area (Å²) >= 11 is 0. The maximum atomic E-state index is 2.66. The predicted octanol–water partition coefficient (Wildman–Crippen LogP) is 18.4. The Morgan fingerprint density at radius 1 is 0.354 bits per heavy atom. The molecule has 0 atom stereocenters. The van der Waals surface area contributed by atoms with Gasteiger partial charge in [0.2, 0.25) is 0 Å². The number of anilines is 6. The van der Waals surface area contributed by atoms with Crippen LogP contribution in [0.4, 0.5) is 34.1 Å². The quantitative estimate of drug-likeness (QED) is 0.0997. The summed E-state index contributed by atoms with van der Waals surface area (Å²) in [5.74, 6) is 0.952. The van der Waals surface area contributed by atoms with Gasteiger partial charge in [-0.05, 0) is 150 Å². The lowest BCUT2D eigenvalue weighted by Gasteiger charge is -2.52. The third kappa shape index (κ3) is 6.87. The standard InChI is InChI=1S/C61H62N2Si2/c1-41(2)43-25-30-48(31-26-43)62(46-19-13-11-14-20-46)50-34-37-52-45(39-50)29-36-56-58-54-24-18-17-23-53(54)57-40-51(35-38-55(57)60(58)61(59(52)56,64(5,6)7)65(8,9)10)63(47-21-15-12-16-22-47)49-32-27-44(28-33-49)42(3)4/h11-42H,1-10H3. The second-order valence-electron chi connectivity index (χ2n) is 21.0. The highest BCUT2D eigenvalue weighted by atomic mass is 28.4. The fraction of sp³-hybridized carbons (Fsp3) is 0.213. The van der Waals surface area contributed by atoms with Gasteiger partial charge in [0.1, 0.15) is 0 Å². The minimum Gasteiger partial charge on any atom is -0.310 e. The summed E-state index contributed by atoms with van der Waals surface area (Å²) in [6.07, 6.45) is 0. The van der Waals surface area contributed by atoms with Gasteiger partial charge in [0, 0.05) is 38.8 Å². The first-order chi connectivity index (χ1) is 31.2. The minimum absolute atomic E-state index is 0.0902. The highest BCUT2D eigenvalue weighted by Gasteiger charge is 2.60. The van der Waals surface area contributed by atoms with E-state index in [1.165, 1.54) is 77.3 Å². The van der Waals surface area contributed by atoms with Crippen LogP contribution in [0.2, 0.25) is 39.3 Å². The van der Waals surface area contributed by atoms with Crippen molar-refractivity contribution in [1.29, 1.82) is 0 Å². The van der Waals surface area contributed by atoms with Crippen LogP contribution in [0, 0.1) is 0 Å². The number of benzene rings is 9. The lowest BCUT2D eigenvalue weighted by atomic mass is 9.91. The number of fused-ring (bicyclic) bond motifs is 10. The third-order valence-electron chi connectivity index (χ3n) is 14.5. The number of rotatable bonds is 10. The Balaban J connectivity index is 1.23. The van der Waals surface area contributed by atoms with Gasteiger partial charge in [0.25, 0.3) is 0 Å². The van der Waals surface area contributed by atoms with Gasteiger partial charge in [-0.2, -0.15) is 0 Å². The molecule has 0 amide bonds. The monoisotopic (exact) mass is 878 g/mol. The molecule has 0 saturated carbocycles. The lowest BCUT2D eigenvalue weighted by molar-refractivity contribution is 0.866. The first-order valence-electron chi connectivity index (χ1n) is 23.7. The molecule has 0 heterocycles. The average Bonchev–Trinajstić information content (AvgIpc) is 3.64. The van der Waals surface area contributed by atoms with Crippen LogP contribution in [0.25, 0.3) is 43.4 Å². The molecule has 0 spiro atoms. The van der Waals surface area contributed by atoms with Crippen molar-refractivity contribution >= 4 is 82.6 Å². The predicted molar refractivity (Wildman–Crippen MR) is 289 cm³/mol. The van der Waals surface area contributed by atoms with Crippen molar-refractivity contribution in [3.63, 3.8) is 0 Å². The molecular weight excluding hydrogens is 817 g/mol. The Hall–Kier alpha value is -6.21. The van der Waals surface area contributed by atoms with Crippen molar-refractivity contribution in [2.45, 2.75) is 83.5 Å². The van der Waals surface area contributed by atoms with E-state index in [0.717, 1.165) is 11.4 Å². The van der Waals surface area contributed by atoms with E-state index < -0.39 is 16.1 Å². The smallest absolute Gasteiger partial charge is 0.0579 e. The zero-order chi connectivity index (χ0) is 45.4. The van der Waals surface area contributed by atoms with E-state index in [1.54, 1.807) is 11.1 Å². The molecule has 0 bridgehead atoms. The average molecular weight is 879 g/mol. The van der Waals surface area contributed by atoms with Crippen molar-refractivity contribution in [1.82, 2.24) is 0 Å². The highest BCUT2D eigenvalue weighted by Crippen LogP contribution is 2.63. The Morgan fingerprint density at radius 3 is 1.28 bits per heavy atom. The van der Waals surface area contributed by atoms with E-state index in [4.69, 9.17) is 0 Å². The molecule has 324 valence electrons. The van der Waals surface area contributed by atoms with Crippen LogP contribution in [0.1, 0.15) is 61.8 Å². The van der Waals surface area contributed by atoms with Crippen molar-refractivity contribution in [2.24, 2.45) is 0 Å². The van der Waals surface area contributed by atoms with Gasteiger partial charge >= 0.3 is 0 Å². The molecule has 1 aliphatic rings.